The SMILES string of the molecule is CCN(CC)S(=O)(=O)c1ccc(CCC(=O)NCCCn2ccc3ccccc32)cc1. The summed E-state index contributed by atoms with van der Waals surface area (Å²) in [4.78, 5) is 12.5. The van der Waals surface area contributed by atoms with Gasteiger partial charge < -0.3 is 9.88 Å². The lowest BCUT2D eigenvalue weighted by Gasteiger charge is -2.18. The molecule has 0 saturated heterocycles. The van der Waals surface area contributed by atoms with E-state index in [4.69, 9.17) is 0 Å². The second-order valence-electron chi connectivity index (χ2n) is 7.50. The number of rotatable bonds is 11. The van der Waals surface area contributed by atoms with E-state index in [0.717, 1.165) is 18.5 Å². The van der Waals surface area contributed by atoms with E-state index in [1.54, 1.807) is 24.3 Å². The predicted octanol–water partition coefficient (Wildman–Crippen LogP) is 3.81. The Bertz CT molecular complexity index is 1100. The van der Waals surface area contributed by atoms with Crippen molar-refractivity contribution in [3.63, 3.8) is 0 Å². The van der Waals surface area contributed by atoms with Crippen molar-refractivity contribution in [1.29, 1.82) is 0 Å². The number of hydrogen-bond acceptors (Lipinski definition) is 3. The molecule has 6 nitrogen and oxygen atoms in total. The van der Waals surface area contributed by atoms with Crippen molar-refractivity contribution in [3.8, 4) is 0 Å². The molecule has 3 aromatic rings. The molecule has 0 atom stereocenters. The Morgan fingerprint density at radius 1 is 1.00 bits per heavy atom. The van der Waals surface area contributed by atoms with Crippen LogP contribution in [0.5, 0.6) is 0 Å². The van der Waals surface area contributed by atoms with Crippen LogP contribution in [-0.2, 0) is 27.8 Å². The van der Waals surface area contributed by atoms with E-state index < -0.39 is 10.0 Å². The maximum Gasteiger partial charge on any atom is 0.243 e. The van der Waals surface area contributed by atoms with Gasteiger partial charge in [-0.05, 0) is 48.1 Å². The summed E-state index contributed by atoms with van der Waals surface area (Å²) in [6.07, 6.45) is 3.91. The molecule has 0 fully saturated rings. The van der Waals surface area contributed by atoms with Gasteiger partial charge in [0.05, 0.1) is 4.90 Å². The Morgan fingerprint density at radius 3 is 2.42 bits per heavy atom. The van der Waals surface area contributed by atoms with Gasteiger partial charge in [0, 0.05) is 44.3 Å². The minimum absolute atomic E-state index is 0.0113. The van der Waals surface area contributed by atoms with Crippen LogP contribution in [0.2, 0.25) is 0 Å². The van der Waals surface area contributed by atoms with Crippen molar-refractivity contribution in [1.82, 2.24) is 14.2 Å². The second-order valence-corrected chi connectivity index (χ2v) is 9.44. The number of hydrogen-bond donors (Lipinski definition) is 1. The number of para-hydroxylation sites is 1. The van der Waals surface area contributed by atoms with Crippen molar-refractivity contribution in [2.45, 2.75) is 44.6 Å². The fourth-order valence-electron chi connectivity index (χ4n) is 3.70. The van der Waals surface area contributed by atoms with Crippen molar-refractivity contribution >= 4 is 26.8 Å². The molecule has 0 aliphatic rings. The highest BCUT2D eigenvalue weighted by Crippen LogP contribution is 2.17. The average Bonchev–Trinajstić information content (AvgIpc) is 3.19. The maximum absolute atomic E-state index is 12.5. The van der Waals surface area contributed by atoms with E-state index in [1.165, 1.54) is 15.2 Å². The normalized spacial score (nSPS) is 11.8. The Hall–Kier alpha value is -2.64. The molecular weight excluding hydrogens is 410 g/mol. The molecule has 0 bridgehead atoms. The number of amides is 1. The predicted molar refractivity (Wildman–Crippen MR) is 124 cm³/mol. The van der Waals surface area contributed by atoms with Crippen LogP contribution in [0.25, 0.3) is 10.9 Å². The number of carbonyl (C=O) groups is 1. The molecule has 2 aromatic carbocycles. The summed E-state index contributed by atoms with van der Waals surface area (Å²) in [6.45, 7) is 6.04. The van der Waals surface area contributed by atoms with Crippen molar-refractivity contribution in [2.75, 3.05) is 19.6 Å². The number of nitrogens with one attached hydrogen (secondary N) is 1. The molecule has 31 heavy (non-hydrogen) atoms. The molecule has 0 aliphatic heterocycles. The molecule has 7 heteroatoms. The van der Waals surface area contributed by atoms with Crippen LogP contribution in [-0.4, -0.2) is 42.8 Å². The van der Waals surface area contributed by atoms with E-state index in [0.29, 0.717) is 37.4 Å². The Labute approximate surface area is 184 Å². The van der Waals surface area contributed by atoms with Gasteiger partial charge in [-0.3, -0.25) is 4.79 Å². The summed E-state index contributed by atoms with van der Waals surface area (Å²) in [5.74, 6) is 0.0113. The lowest BCUT2D eigenvalue weighted by atomic mass is 10.1. The van der Waals surface area contributed by atoms with E-state index >= 15 is 0 Å². The molecule has 1 aromatic heterocycles. The molecule has 1 amide bonds. The summed E-state index contributed by atoms with van der Waals surface area (Å²) in [6, 6.07) is 17.2. The third kappa shape index (κ3) is 5.74. The quantitative estimate of drug-likeness (QED) is 0.460. The molecule has 0 saturated carbocycles. The standard InChI is InChI=1S/C24H31N3O3S/c1-3-27(4-2)31(29,30)22-13-10-20(11-14-22)12-15-24(28)25-17-7-18-26-19-16-21-8-5-6-9-23(21)26/h5-6,8-11,13-14,16,19H,3-4,7,12,15,17-18H2,1-2H3,(H,25,28). The maximum atomic E-state index is 12.5. The highest BCUT2D eigenvalue weighted by Gasteiger charge is 2.21. The molecule has 1 N–H and O–H groups in total. The third-order valence-electron chi connectivity index (χ3n) is 5.49. The van der Waals surface area contributed by atoms with Crippen LogP contribution < -0.4 is 5.32 Å². The fourth-order valence-corrected chi connectivity index (χ4v) is 5.16. The first-order chi connectivity index (χ1) is 15.0. The van der Waals surface area contributed by atoms with E-state index in [-0.39, 0.29) is 5.91 Å². The molecule has 3 rings (SSSR count). The van der Waals surface area contributed by atoms with Crippen LogP contribution in [0.1, 0.15) is 32.3 Å². The van der Waals surface area contributed by atoms with Gasteiger partial charge >= 0.3 is 0 Å². The monoisotopic (exact) mass is 441 g/mol. The van der Waals surface area contributed by atoms with Gasteiger partial charge in [-0.15, -0.1) is 0 Å². The third-order valence-corrected chi connectivity index (χ3v) is 7.55. The van der Waals surface area contributed by atoms with Crippen molar-refractivity contribution in [2.24, 2.45) is 0 Å². The summed E-state index contributed by atoms with van der Waals surface area (Å²) < 4.78 is 28.7. The minimum Gasteiger partial charge on any atom is -0.356 e. The smallest absolute Gasteiger partial charge is 0.243 e. The molecule has 0 aliphatic carbocycles. The highest BCUT2D eigenvalue weighted by atomic mass is 32.2. The minimum atomic E-state index is -3.44. The zero-order valence-corrected chi connectivity index (χ0v) is 19.1. The summed E-state index contributed by atoms with van der Waals surface area (Å²) in [7, 11) is -3.44. The number of benzene rings is 2. The highest BCUT2D eigenvalue weighted by molar-refractivity contribution is 7.89. The zero-order chi connectivity index (χ0) is 22.3. The Balaban J connectivity index is 1.42. The fraction of sp³-hybridized carbons (Fsp3) is 0.375. The first-order valence-corrected chi connectivity index (χ1v) is 12.3. The van der Waals surface area contributed by atoms with Crippen molar-refractivity contribution in [3.05, 3.63) is 66.4 Å². The molecule has 0 radical (unpaired) electrons. The number of aryl methyl sites for hydroxylation is 2. The summed E-state index contributed by atoms with van der Waals surface area (Å²) >= 11 is 0. The van der Waals surface area contributed by atoms with Crippen LogP contribution >= 0.6 is 0 Å². The van der Waals surface area contributed by atoms with Gasteiger partial charge in [0.2, 0.25) is 15.9 Å². The van der Waals surface area contributed by atoms with Crippen LogP contribution in [0, 0.1) is 0 Å². The summed E-state index contributed by atoms with van der Waals surface area (Å²) in [5, 5.41) is 4.20. The summed E-state index contributed by atoms with van der Waals surface area (Å²) in [5.41, 5.74) is 2.16. The molecule has 0 spiro atoms. The van der Waals surface area contributed by atoms with E-state index in [2.05, 4.69) is 34.3 Å². The number of fused-ring (bicyclic) bond motifs is 1. The Morgan fingerprint density at radius 2 is 1.71 bits per heavy atom. The Kier molecular flexibility index (Phi) is 7.87. The van der Waals surface area contributed by atoms with Gasteiger partial charge in [-0.25, -0.2) is 8.42 Å². The molecule has 0 unspecified atom stereocenters. The lowest BCUT2D eigenvalue weighted by Crippen LogP contribution is -2.30. The van der Waals surface area contributed by atoms with Gasteiger partial charge in [0.15, 0.2) is 0 Å². The first kappa shape index (κ1) is 23.0. The molecule has 166 valence electrons. The van der Waals surface area contributed by atoms with Crippen molar-refractivity contribution < 1.29 is 13.2 Å². The molecular formula is C24H31N3O3S. The zero-order valence-electron chi connectivity index (χ0n) is 18.3. The van der Waals surface area contributed by atoms with Gasteiger partial charge in [0.25, 0.3) is 0 Å². The average molecular weight is 442 g/mol. The second kappa shape index (κ2) is 10.6. The number of carbonyl (C=O) groups excluding carboxylic acids is 1. The van der Waals surface area contributed by atoms with Gasteiger partial charge in [-0.1, -0.05) is 44.2 Å². The van der Waals surface area contributed by atoms with Crippen LogP contribution in [0.4, 0.5) is 0 Å². The van der Waals surface area contributed by atoms with Gasteiger partial charge in [-0.2, -0.15) is 4.31 Å². The van der Waals surface area contributed by atoms with E-state index in [9.17, 15) is 13.2 Å². The largest absolute Gasteiger partial charge is 0.356 e. The number of sulfonamides is 1. The van der Waals surface area contributed by atoms with E-state index in [1.807, 2.05) is 26.0 Å². The topological polar surface area (TPSA) is 71.4 Å². The van der Waals surface area contributed by atoms with Crippen LogP contribution in [0.3, 0.4) is 0 Å². The molecule has 1 heterocycles. The first-order valence-electron chi connectivity index (χ1n) is 10.9. The van der Waals surface area contributed by atoms with Crippen LogP contribution in [0.15, 0.2) is 65.7 Å². The van der Waals surface area contributed by atoms with Gasteiger partial charge in [0.1, 0.15) is 0 Å². The number of nitrogens with zero attached hydrogens (tertiary/aromatic N) is 2. The lowest BCUT2D eigenvalue weighted by molar-refractivity contribution is -0.121. The number of aromatic nitrogens is 1.